The van der Waals surface area contributed by atoms with Crippen LogP contribution in [0.3, 0.4) is 0 Å². The molecule has 1 aromatic carbocycles. The van der Waals surface area contributed by atoms with Gasteiger partial charge in [0, 0.05) is 36.9 Å². The molecule has 1 aliphatic carbocycles. The van der Waals surface area contributed by atoms with Crippen molar-refractivity contribution in [3.8, 4) is 0 Å². The molecule has 1 heterocycles. The number of hydrogen-bond donors (Lipinski definition) is 0. The predicted octanol–water partition coefficient (Wildman–Crippen LogP) is 2.39. The third kappa shape index (κ3) is 2.77. The zero-order valence-corrected chi connectivity index (χ0v) is 13.7. The van der Waals surface area contributed by atoms with Crippen LogP contribution in [-0.4, -0.2) is 9.13 Å². The molecule has 1 aromatic heterocycles. The first-order valence-corrected chi connectivity index (χ1v) is 8.58. The lowest BCUT2D eigenvalue weighted by Crippen LogP contribution is -2.37. The molecule has 0 amide bonds. The first-order valence-electron chi connectivity index (χ1n) is 7.53. The van der Waals surface area contributed by atoms with Gasteiger partial charge in [-0.25, -0.2) is 4.79 Å². The highest BCUT2D eigenvalue weighted by Gasteiger charge is 2.20. The summed E-state index contributed by atoms with van der Waals surface area (Å²) >= 11 is 1.82. The molecule has 0 radical (unpaired) electrons. The molecule has 3 rings (SSSR count). The maximum absolute atomic E-state index is 12.0. The van der Waals surface area contributed by atoms with Crippen LogP contribution < -0.4 is 11.2 Å². The Balaban J connectivity index is 1.83. The zero-order chi connectivity index (χ0) is 15.7. The zero-order valence-electron chi connectivity index (χ0n) is 12.9. The number of aryl methyl sites for hydroxylation is 1. The van der Waals surface area contributed by atoms with E-state index in [1.165, 1.54) is 24.6 Å². The second kappa shape index (κ2) is 6.16. The molecule has 0 fully saturated rings. The highest BCUT2D eigenvalue weighted by Crippen LogP contribution is 2.40. The Morgan fingerprint density at radius 3 is 2.77 bits per heavy atom. The lowest BCUT2D eigenvalue weighted by atomic mass is 9.91. The first-order chi connectivity index (χ1) is 10.6. The van der Waals surface area contributed by atoms with Crippen LogP contribution in [0.15, 0.2) is 39.9 Å². The Kier molecular flexibility index (Phi) is 4.25. The van der Waals surface area contributed by atoms with E-state index in [9.17, 15) is 9.59 Å². The molecule has 0 saturated carbocycles. The van der Waals surface area contributed by atoms with Gasteiger partial charge in [-0.1, -0.05) is 24.3 Å². The van der Waals surface area contributed by atoms with Crippen molar-refractivity contribution in [3.05, 3.63) is 68.0 Å². The van der Waals surface area contributed by atoms with Gasteiger partial charge in [-0.15, -0.1) is 11.8 Å². The molecule has 0 spiro atoms. The van der Waals surface area contributed by atoms with Crippen molar-refractivity contribution >= 4 is 11.8 Å². The van der Waals surface area contributed by atoms with Gasteiger partial charge in [-0.2, -0.15) is 0 Å². The minimum Gasteiger partial charge on any atom is -0.300 e. The van der Waals surface area contributed by atoms with E-state index in [-0.39, 0.29) is 11.2 Å². The number of hydrogen-bond acceptors (Lipinski definition) is 3. The van der Waals surface area contributed by atoms with E-state index in [2.05, 4.69) is 24.3 Å². The standard InChI is InChI=1S/C17H20N2O2S/c1-18-13(10-16(20)19(2)17(18)21)11-22-15-9-5-7-12-6-3-4-8-14(12)15/h3-4,6,8,10,15H,5,7,9,11H2,1-2H3. The number of nitrogens with zero attached hydrogens (tertiary/aromatic N) is 2. The number of aromatic nitrogens is 2. The monoisotopic (exact) mass is 316 g/mol. The largest absolute Gasteiger partial charge is 0.330 e. The van der Waals surface area contributed by atoms with Gasteiger partial charge >= 0.3 is 5.69 Å². The van der Waals surface area contributed by atoms with E-state index < -0.39 is 0 Å². The fraction of sp³-hybridized carbons (Fsp3) is 0.412. The summed E-state index contributed by atoms with van der Waals surface area (Å²) in [6, 6.07) is 10.2. The summed E-state index contributed by atoms with van der Waals surface area (Å²) in [5.41, 5.74) is 3.15. The normalized spacial score (nSPS) is 17.3. The molecule has 4 nitrogen and oxygen atoms in total. The summed E-state index contributed by atoms with van der Waals surface area (Å²) in [5.74, 6) is 0.681. The van der Waals surface area contributed by atoms with Crippen molar-refractivity contribution < 1.29 is 0 Å². The molecule has 1 unspecified atom stereocenters. The van der Waals surface area contributed by atoms with Gasteiger partial charge in [0.2, 0.25) is 0 Å². The van der Waals surface area contributed by atoms with Gasteiger partial charge in [-0.05, 0) is 30.4 Å². The summed E-state index contributed by atoms with van der Waals surface area (Å²) < 4.78 is 2.72. The van der Waals surface area contributed by atoms with Gasteiger partial charge in [0.05, 0.1) is 0 Å². The Labute approximate surface area is 133 Å². The fourth-order valence-corrected chi connectivity index (χ4v) is 4.38. The quantitative estimate of drug-likeness (QED) is 0.873. The van der Waals surface area contributed by atoms with Crippen LogP contribution >= 0.6 is 11.8 Å². The minimum atomic E-state index is -0.257. The molecule has 5 heteroatoms. The van der Waals surface area contributed by atoms with Crippen molar-refractivity contribution in [2.45, 2.75) is 30.3 Å². The lowest BCUT2D eigenvalue weighted by molar-refractivity contribution is 0.659. The Bertz CT molecular complexity index is 807. The summed E-state index contributed by atoms with van der Waals surface area (Å²) in [7, 11) is 3.24. The topological polar surface area (TPSA) is 44.0 Å². The lowest BCUT2D eigenvalue weighted by Gasteiger charge is -2.25. The van der Waals surface area contributed by atoms with Crippen molar-refractivity contribution in [3.63, 3.8) is 0 Å². The van der Waals surface area contributed by atoms with Crippen LogP contribution in [0.4, 0.5) is 0 Å². The number of benzene rings is 1. The summed E-state index contributed by atoms with van der Waals surface area (Å²) in [4.78, 5) is 23.8. The third-order valence-electron chi connectivity index (χ3n) is 4.37. The molecule has 116 valence electrons. The summed E-state index contributed by atoms with van der Waals surface area (Å²) in [5, 5.41) is 0.448. The van der Waals surface area contributed by atoms with Crippen LogP contribution in [-0.2, 0) is 26.3 Å². The van der Waals surface area contributed by atoms with E-state index in [0.29, 0.717) is 11.0 Å². The first kappa shape index (κ1) is 15.2. The maximum Gasteiger partial charge on any atom is 0.330 e. The highest BCUT2D eigenvalue weighted by atomic mass is 32.2. The Hall–Kier alpha value is -1.75. The smallest absolute Gasteiger partial charge is 0.300 e. The van der Waals surface area contributed by atoms with Gasteiger partial charge in [0.1, 0.15) is 0 Å². The van der Waals surface area contributed by atoms with Gasteiger partial charge in [-0.3, -0.25) is 13.9 Å². The van der Waals surface area contributed by atoms with Crippen molar-refractivity contribution in [1.29, 1.82) is 0 Å². The summed E-state index contributed by atoms with van der Waals surface area (Å²) in [6.45, 7) is 0. The van der Waals surface area contributed by atoms with E-state index >= 15 is 0 Å². The molecule has 1 atom stereocenters. The van der Waals surface area contributed by atoms with E-state index in [4.69, 9.17) is 0 Å². The molecular formula is C17H20N2O2S. The maximum atomic E-state index is 12.0. The Morgan fingerprint density at radius 2 is 1.95 bits per heavy atom. The molecular weight excluding hydrogens is 296 g/mol. The van der Waals surface area contributed by atoms with Crippen molar-refractivity contribution in [2.75, 3.05) is 0 Å². The SMILES string of the molecule is Cn1c(CSC2CCCc3ccccc32)cc(=O)n(C)c1=O. The van der Waals surface area contributed by atoms with Crippen LogP contribution in [0.2, 0.25) is 0 Å². The highest BCUT2D eigenvalue weighted by molar-refractivity contribution is 7.98. The third-order valence-corrected chi connectivity index (χ3v) is 5.73. The molecule has 0 bridgehead atoms. The molecule has 22 heavy (non-hydrogen) atoms. The van der Waals surface area contributed by atoms with E-state index in [1.54, 1.807) is 17.7 Å². The van der Waals surface area contributed by atoms with E-state index in [0.717, 1.165) is 23.1 Å². The van der Waals surface area contributed by atoms with E-state index in [1.807, 2.05) is 11.8 Å². The van der Waals surface area contributed by atoms with Crippen molar-refractivity contribution in [1.82, 2.24) is 9.13 Å². The number of rotatable bonds is 3. The van der Waals surface area contributed by atoms with Gasteiger partial charge < -0.3 is 0 Å². The van der Waals surface area contributed by atoms with Gasteiger partial charge in [0.15, 0.2) is 0 Å². The van der Waals surface area contributed by atoms with Gasteiger partial charge in [0.25, 0.3) is 5.56 Å². The molecule has 1 aliphatic rings. The van der Waals surface area contributed by atoms with Crippen LogP contribution in [0.5, 0.6) is 0 Å². The average molecular weight is 316 g/mol. The second-order valence-electron chi connectivity index (χ2n) is 5.77. The molecule has 0 saturated heterocycles. The van der Waals surface area contributed by atoms with Crippen LogP contribution in [0.25, 0.3) is 0 Å². The van der Waals surface area contributed by atoms with Crippen LogP contribution in [0, 0.1) is 0 Å². The average Bonchev–Trinajstić information content (AvgIpc) is 2.55. The second-order valence-corrected chi connectivity index (χ2v) is 6.96. The summed E-state index contributed by atoms with van der Waals surface area (Å²) in [6.07, 6.45) is 3.50. The number of fused-ring (bicyclic) bond motifs is 1. The van der Waals surface area contributed by atoms with Crippen LogP contribution in [0.1, 0.15) is 34.9 Å². The fourth-order valence-electron chi connectivity index (χ4n) is 2.99. The molecule has 2 aromatic rings. The molecule has 0 N–H and O–H groups in total. The Morgan fingerprint density at radius 1 is 1.18 bits per heavy atom. The number of thioether (sulfide) groups is 1. The molecule has 0 aliphatic heterocycles. The van der Waals surface area contributed by atoms with Crippen molar-refractivity contribution in [2.24, 2.45) is 14.1 Å². The minimum absolute atomic E-state index is 0.234. The predicted molar refractivity (Wildman–Crippen MR) is 90.3 cm³/mol.